The van der Waals surface area contributed by atoms with E-state index in [4.69, 9.17) is 4.74 Å². The fourth-order valence-electron chi connectivity index (χ4n) is 2.93. The lowest BCUT2D eigenvalue weighted by Gasteiger charge is -2.35. The van der Waals surface area contributed by atoms with Crippen LogP contribution in [-0.4, -0.2) is 38.2 Å². The SMILES string of the molecule is COc1cc([C@@H](CCC(C)C)N2CCNCC2)ccc1F. The Hall–Kier alpha value is -1.13. The Kier molecular flexibility index (Phi) is 6.00. The molecule has 0 spiro atoms. The van der Waals surface area contributed by atoms with Crippen LogP contribution in [0.15, 0.2) is 18.2 Å². The van der Waals surface area contributed by atoms with E-state index in [1.54, 1.807) is 0 Å². The van der Waals surface area contributed by atoms with Crippen LogP contribution in [0, 0.1) is 11.7 Å². The third kappa shape index (κ3) is 4.42. The molecule has 1 aliphatic rings. The maximum atomic E-state index is 13.6. The minimum absolute atomic E-state index is 0.288. The van der Waals surface area contributed by atoms with Crippen molar-refractivity contribution in [2.45, 2.75) is 32.7 Å². The molecule has 1 N–H and O–H groups in total. The Morgan fingerprint density at radius 1 is 1.24 bits per heavy atom. The van der Waals surface area contributed by atoms with Crippen molar-refractivity contribution in [3.8, 4) is 5.75 Å². The van der Waals surface area contributed by atoms with Gasteiger partial charge in [-0.25, -0.2) is 4.39 Å². The predicted octanol–water partition coefficient (Wildman–Crippen LogP) is 3.22. The van der Waals surface area contributed by atoms with Gasteiger partial charge in [0.15, 0.2) is 11.6 Å². The van der Waals surface area contributed by atoms with E-state index in [0.29, 0.717) is 17.7 Å². The molecule has 0 aromatic heterocycles. The fraction of sp³-hybridized carbons (Fsp3) is 0.647. The zero-order chi connectivity index (χ0) is 15.2. The van der Waals surface area contributed by atoms with Gasteiger partial charge in [0, 0.05) is 32.2 Å². The molecule has 118 valence electrons. The van der Waals surface area contributed by atoms with E-state index in [0.717, 1.165) is 38.2 Å². The van der Waals surface area contributed by atoms with E-state index in [2.05, 4.69) is 24.1 Å². The summed E-state index contributed by atoms with van der Waals surface area (Å²) >= 11 is 0. The molecule has 0 amide bonds. The predicted molar refractivity (Wildman–Crippen MR) is 84.2 cm³/mol. The first-order chi connectivity index (χ1) is 10.1. The summed E-state index contributed by atoms with van der Waals surface area (Å²) in [6, 6.07) is 5.65. The number of nitrogens with one attached hydrogen (secondary N) is 1. The van der Waals surface area contributed by atoms with Gasteiger partial charge in [-0.05, 0) is 36.5 Å². The molecule has 1 atom stereocenters. The van der Waals surface area contributed by atoms with Crippen molar-refractivity contribution in [3.63, 3.8) is 0 Å². The first-order valence-corrected chi connectivity index (χ1v) is 7.90. The Morgan fingerprint density at radius 2 is 1.95 bits per heavy atom. The molecule has 1 aliphatic heterocycles. The molecule has 0 bridgehead atoms. The fourth-order valence-corrected chi connectivity index (χ4v) is 2.93. The van der Waals surface area contributed by atoms with Gasteiger partial charge in [0.1, 0.15) is 0 Å². The Bertz CT molecular complexity index is 444. The normalized spacial score (nSPS) is 18.0. The van der Waals surface area contributed by atoms with Gasteiger partial charge in [-0.3, -0.25) is 4.90 Å². The van der Waals surface area contributed by atoms with Gasteiger partial charge in [-0.15, -0.1) is 0 Å². The highest BCUT2D eigenvalue weighted by Gasteiger charge is 2.23. The van der Waals surface area contributed by atoms with E-state index in [-0.39, 0.29) is 5.82 Å². The average molecular weight is 294 g/mol. The Morgan fingerprint density at radius 3 is 2.57 bits per heavy atom. The van der Waals surface area contributed by atoms with Crippen molar-refractivity contribution >= 4 is 0 Å². The quantitative estimate of drug-likeness (QED) is 0.872. The van der Waals surface area contributed by atoms with Crippen LogP contribution >= 0.6 is 0 Å². The lowest BCUT2D eigenvalue weighted by Crippen LogP contribution is -2.45. The average Bonchev–Trinajstić information content (AvgIpc) is 2.49. The van der Waals surface area contributed by atoms with Crippen LogP contribution in [0.2, 0.25) is 0 Å². The van der Waals surface area contributed by atoms with Crippen molar-refractivity contribution in [3.05, 3.63) is 29.6 Å². The number of ether oxygens (including phenoxy) is 1. The van der Waals surface area contributed by atoms with Gasteiger partial charge < -0.3 is 10.1 Å². The van der Waals surface area contributed by atoms with E-state index in [1.165, 1.54) is 19.6 Å². The van der Waals surface area contributed by atoms with E-state index < -0.39 is 0 Å². The molecule has 1 aromatic rings. The van der Waals surface area contributed by atoms with Gasteiger partial charge >= 0.3 is 0 Å². The van der Waals surface area contributed by atoms with Crippen LogP contribution in [-0.2, 0) is 0 Å². The largest absolute Gasteiger partial charge is 0.494 e. The molecule has 1 saturated heterocycles. The van der Waals surface area contributed by atoms with Crippen LogP contribution in [0.1, 0.15) is 38.3 Å². The molecule has 0 aliphatic carbocycles. The van der Waals surface area contributed by atoms with E-state index in [9.17, 15) is 4.39 Å². The van der Waals surface area contributed by atoms with Gasteiger partial charge in [0.25, 0.3) is 0 Å². The molecular formula is C17H27FN2O. The summed E-state index contributed by atoms with van der Waals surface area (Å²) in [4.78, 5) is 2.51. The summed E-state index contributed by atoms with van der Waals surface area (Å²) in [6.45, 7) is 8.64. The summed E-state index contributed by atoms with van der Waals surface area (Å²) in [5, 5.41) is 3.39. The highest BCUT2D eigenvalue weighted by atomic mass is 19.1. The van der Waals surface area contributed by atoms with Crippen molar-refractivity contribution in [2.75, 3.05) is 33.3 Å². The van der Waals surface area contributed by atoms with Crippen LogP contribution in [0.25, 0.3) is 0 Å². The summed E-state index contributed by atoms with van der Waals surface area (Å²) in [6.07, 6.45) is 2.28. The standard InChI is InChI=1S/C17H27FN2O/c1-13(2)4-7-16(20-10-8-19-9-11-20)14-5-6-15(18)17(12-14)21-3/h5-6,12-13,16,19H,4,7-11H2,1-3H3/t16-/m1/s1. The molecule has 1 aromatic carbocycles. The molecule has 0 unspecified atom stereocenters. The molecular weight excluding hydrogens is 267 g/mol. The molecule has 21 heavy (non-hydrogen) atoms. The second-order valence-electron chi connectivity index (χ2n) is 6.17. The van der Waals surface area contributed by atoms with E-state index >= 15 is 0 Å². The maximum absolute atomic E-state index is 13.6. The second kappa shape index (κ2) is 7.76. The van der Waals surface area contributed by atoms with Crippen LogP contribution in [0.3, 0.4) is 0 Å². The summed E-state index contributed by atoms with van der Waals surface area (Å²) in [5.74, 6) is 0.735. The third-order valence-corrected chi connectivity index (χ3v) is 4.17. The van der Waals surface area contributed by atoms with Crippen molar-refractivity contribution in [1.82, 2.24) is 10.2 Å². The monoisotopic (exact) mass is 294 g/mol. The number of halogens is 1. The number of nitrogens with zero attached hydrogens (tertiary/aromatic N) is 1. The van der Waals surface area contributed by atoms with Crippen molar-refractivity contribution < 1.29 is 9.13 Å². The van der Waals surface area contributed by atoms with Crippen molar-refractivity contribution in [1.29, 1.82) is 0 Å². The van der Waals surface area contributed by atoms with Gasteiger partial charge in [0.2, 0.25) is 0 Å². The molecule has 1 fully saturated rings. The summed E-state index contributed by atoms with van der Waals surface area (Å²) in [5.41, 5.74) is 1.16. The maximum Gasteiger partial charge on any atom is 0.165 e. The van der Waals surface area contributed by atoms with Gasteiger partial charge in [-0.2, -0.15) is 0 Å². The minimum Gasteiger partial charge on any atom is -0.494 e. The molecule has 0 saturated carbocycles. The number of piperazine rings is 1. The first kappa shape index (κ1) is 16.2. The van der Waals surface area contributed by atoms with E-state index in [1.807, 2.05) is 12.1 Å². The molecule has 1 heterocycles. The van der Waals surface area contributed by atoms with Crippen LogP contribution < -0.4 is 10.1 Å². The first-order valence-electron chi connectivity index (χ1n) is 7.90. The summed E-state index contributed by atoms with van der Waals surface area (Å²) in [7, 11) is 1.52. The lowest BCUT2D eigenvalue weighted by atomic mass is 9.95. The zero-order valence-corrected chi connectivity index (χ0v) is 13.4. The third-order valence-electron chi connectivity index (χ3n) is 4.17. The van der Waals surface area contributed by atoms with Gasteiger partial charge in [0.05, 0.1) is 7.11 Å². The highest BCUT2D eigenvalue weighted by molar-refractivity contribution is 5.32. The molecule has 2 rings (SSSR count). The van der Waals surface area contributed by atoms with Crippen LogP contribution in [0.5, 0.6) is 5.75 Å². The molecule has 0 radical (unpaired) electrons. The molecule has 3 nitrogen and oxygen atoms in total. The Labute approximate surface area is 127 Å². The van der Waals surface area contributed by atoms with Crippen LogP contribution in [0.4, 0.5) is 4.39 Å². The smallest absolute Gasteiger partial charge is 0.165 e. The highest BCUT2D eigenvalue weighted by Crippen LogP contribution is 2.31. The number of hydrogen-bond donors (Lipinski definition) is 1. The topological polar surface area (TPSA) is 24.5 Å². The number of hydrogen-bond acceptors (Lipinski definition) is 3. The number of rotatable bonds is 6. The number of benzene rings is 1. The molecule has 4 heteroatoms. The lowest BCUT2D eigenvalue weighted by molar-refractivity contribution is 0.159. The van der Waals surface area contributed by atoms with Gasteiger partial charge in [-0.1, -0.05) is 19.9 Å². The second-order valence-corrected chi connectivity index (χ2v) is 6.17. The minimum atomic E-state index is -0.288. The zero-order valence-electron chi connectivity index (χ0n) is 13.4. The summed E-state index contributed by atoms with van der Waals surface area (Å²) < 4.78 is 18.8. The number of methoxy groups -OCH3 is 1. The Balaban J connectivity index is 2.20. The van der Waals surface area contributed by atoms with Crippen molar-refractivity contribution in [2.24, 2.45) is 5.92 Å².